The molecule has 0 unspecified atom stereocenters. The molecule has 0 spiro atoms. The Morgan fingerprint density at radius 1 is 1.53 bits per heavy atom. The van der Waals surface area contributed by atoms with Crippen LogP contribution in [0.4, 0.5) is 9.18 Å². The van der Waals surface area contributed by atoms with Gasteiger partial charge in [0, 0.05) is 6.04 Å². The molecule has 0 bridgehead atoms. The fraction of sp³-hybridized carbons (Fsp3) is 0.462. The zero-order valence-electron chi connectivity index (χ0n) is 10.6. The molecular formula is C13H17FN2O3. The average molecular weight is 268 g/mol. The number of aliphatic hydroxyl groups excluding tert-OH is 1. The van der Waals surface area contributed by atoms with E-state index in [4.69, 9.17) is 10.8 Å². The summed E-state index contributed by atoms with van der Waals surface area (Å²) in [5.41, 5.74) is 5.78. The van der Waals surface area contributed by atoms with Crippen LogP contribution in [0.5, 0.6) is 0 Å². The number of hydrogen-bond acceptors (Lipinski definition) is 3. The molecule has 5 nitrogen and oxygen atoms in total. The fourth-order valence-electron chi connectivity index (χ4n) is 2.21. The van der Waals surface area contributed by atoms with Gasteiger partial charge in [0.15, 0.2) is 5.67 Å². The first-order valence-corrected chi connectivity index (χ1v) is 6.03. The molecule has 104 valence electrons. The van der Waals surface area contributed by atoms with Gasteiger partial charge in [-0.3, -0.25) is 0 Å². The maximum absolute atomic E-state index is 14.6. The van der Waals surface area contributed by atoms with E-state index in [9.17, 15) is 14.3 Å². The van der Waals surface area contributed by atoms with Crippen molar-refractivity contribution < 1.29 is 19.4 Å². The molecular weight excluding hydrogens is 251 g/mol. The molecule has 1 aliphatic heterocycles. The fourth-order valence-corrected chi connectivity index (χ4v) is 2.21. The SMILES string of the molecule is C[C@@H](N)c1cc(CO)cc(C2(F)CN(C(=O)O)C2)c1. The van der Waals surface area contributed by atoms with Gasteiger partial charge >= 0.3 is 6.09 Å². The van der Waals surface area contributed by atoms with Crippen molar-refractivity contribution in [3.05, 3.63) is 34.9 Å². The van der Waals surface area contributed by atoms with Crippen LogP contribution in [0.3, 0.4) is 0 Å². The number of nitrogens with two attached hydrogens (primary N) is 1. The highest BCUT2D eigenvalue weighted by Crippen LogP contribution is 2.37. The van der Waals surface area contributed by atoms with E-state index in [0.29, 0.717) is 11.1 Å². The van der Waals surface area contributed by atoms with Gasteiger partial charge in [0.2, 0.25) is 0 Å². The number of carbonyl (C=O) groups is 1. The number of nitrogens with zero attached hydrogens (tertiary/aromatic N) is 1. The summed E-state index contributed by atoms with van der Waals surface area (Å²) in [5, 5.41) is 18.0. The van der Waals surface area contributed by atoms with Crippen LogP contribution in [-0.2, 0) is 12.3 Å². The van der Waals surface area contributed by atoms with Gasteiger partial charge < -0.3 is 20.8 Å². The number of benzene rings is 1. The number of carboxylic acid groups (broad SMARTS) is 1. The first kappa shape index (κ1) is 13.8. The van der Waals surface area contributed by atoms with Gasteiger partial charge in [0.1, 0.15) is 0 Å². The number of aliphatic hydroxyl groups is 1. The summed E-state index contributed by atoms with van der Waals surface area (Å²) < 4.78 is 14.6. The Bertz CT molecular complexity index is 499. The van der Waals surface area contributed by atoms with Crippen molar-refractivity contribution in [2.75, 3.05) is 13.1 Å². The number of likely N-dealkylation sites (tertiary alicyclic amines) is 1. The zero-order chi connectivity index (χ0) is 14.2. The maximum Gasteiger partial charge on any atom is 0.407 e. The standard InChI is InChI=1S/C13H17FN2O3/c1-8(15)10-2-9(5-17)3-11(4-10)13(14)6-16(7-13)12(18)19/h2-4,8,17H,5-7,15H2,1H3,(H,18,19)/t8-/m1/s1. The Morgan fingerprint density at radius 3 is 2.63 bits per heavy atom. The number of halogens is 1. The smallest absolute Gasteiger partial charge is 0.407 e. The first-order valence-electron chi connectivity index (χ1n) is 6.03. The third kappa shape index (κ3) is 2.54. The van der Waals surface area contributed by atoms with Crippen LogP contribution in [0, 0.1) is 0 Å². The molecule has 1 amide bonds. The van der Waals surface area contributed by atoms with E-state index in [1.807, 2.05) is 0 Å². The van der Waals surface area contributed by atoms with Crippen LogP contribution in [-0.4, -0.2) is 34.3 Å². The zero-order valence-corrected chi connectivity index (χ0v) is 10.6. The lowest BCUT2D eigenvalue weighted by atomic mass is 9.85. The van der Waals surface area contributed by atoms with Crippen molar-refractivity contribution in [2.45, 2.75) is 25.2 Å². The molecule has 1 aromatic carbocycles. The highest BCUT2D eigenvalue weighted by atomic mass is 19.1. The molecule has 4 N–H and O–H groups in total. The largest absolute Gasteiger partial charge is 0.465 e. The number of amides is 1. The average Bonchev–Trinajstić information content (AvgIpc) is 2.33. The van der Waals surface area contributed by atoms with Crippen molar-refractivity contribution in [2.24, 2.45) is 5.73 Å². The lowest BCUT2D eigenvalue weighted by Gasteiger charge is -2.43. The summed E-state index contributed by atoms with van der Waals surface area (Å²) in [7, 11) is 0. The topological polar surface area (TPSA) is 86.8 Å². The molecule has 1 aromatic rings. The van der Waals surface area contributed by atoms with E-state index < -0.39 is 11.8 Å². The van der Waals surface area contributed by atoms with E-state index in [0.717, 1.165) is 10.5 Å². The first-order chi connectivity index (χ1) is 8.85. The molecule has 6 heteroatoms. The summed E-state index contributed by atoms with van der Waals surface area (Å²) in [6.07, 6.45) is -1.13. The minimum Gasteiger partial charge on any atom is -0.465 e. The molecule has 0 radical (unpaired) electrons. The number of rotatable bonds is 3. The summed E-state index contributed by atoms with van der Waals surface area (Å²) >= 11 is 0. The van der Waals surface area contributed by atoms with Gasteiger partial charge in [-0.1, -0.05) is 18.2 Å². The summed E-state index contributed by atoms with van der Waals surface area (Å²) in [6.45, 7) is 1.20. The lowest BCUT2D eigenvalue weighted by molar-refractivity contribution is -0.0239. The summed E-state index contributed by atoms with van der Waals surface area (Å²) in [4.78, 5) is 11.7. The maximum atomic E-state index is 14.6. The highest BCUT2D eigenvalue weighted by Gasteiger charge is 2.47. The van der Waals surface area contributed by atoms with Crippen LogP contribution in [0.15, 0.2) is 18.2 Å². The van der Waals surface area contributed by atoms with Gasteiger partial charge in [0.05, 0.1) is 19.7 Å². The molecule has 1 aliphatic rings. The molecule has 0 saturated carbocycles. The Balaban J connectivity index is 2.30. The van der Waals surface area contributed by atoms with E-state index in [2.05, 4.69) is 0 Å². The van der Waals surface area contributed by atoms with Crippen LogP contribution < -0.4 is 5.73 Å². The van der Waals surface area contributed by atoms with Crippen LogP contribution in [0.25, 0.3) is 0 Å². The molecule has 1 fully saturated rings. The molecule has 1 saturated heterocycles. The highest BCUT2D eigenvalue weighted by molar-refractivity contribution is 5.67. The molecule has 1 heterocycles. The van der Waals surface area contributed by atoms with Crippen molar-refractivity contribution in [1.29, 1.82) is 0 Å². The van der Waals surface area contributed by atoms with Gasteiger partial charge in [-0.2, -0.15) is 0 Å². The molecule has 0 aliphatic carbocycles. The van der Waals surface area contributed by atoms with Crippen LogP contribution >= 0.6 is 0 Å². The molecule has 0 aromatic heterocycles. The van der Waals surface area contributed by atoms with Gasteiger partial charge in [-0.05, 0) is 23.6 Å². The van der Waals surface area contributed by atoms with E-state index in [1.54, 1.807) is 25.1 Å². The predicted octanol–water partition coefficient (Wildman–Crippen LogP) is 1.36. The normalized spacial score (nSPS) is 18.8. The summed E-state index contributed by atoms with van der Waals surface area (Å²) in [6, 6.07) is 4.66. The van der Waals surface area contributed by atoms with Gasteiger partial charge in [0.25, 0.3) is 0 Å². The minimum absolute atomic E-state index is 0.185. The summed E-state index contributed by atoms with van der Waals surface area (Å²) in [5.74, 6) is 0. The molecule has 19 heavy (non-hydrogen) atoms. The number of hydrogen-bond donors (Lipinski definition) is 3. The Hall–Kier alpha value is -1.66. The predicted molar refractivity (Wildman–Crippen MR) is 67.4 cm³/mol. The van der Waals surface area contributed by atoms with Gasteiger partial charge in [-0.25, -0.2) is 9.18 Å². The number of alkyl halides is 1. The van der Waals surface area contributed by atoms with Crippen molar-refractivity contribution in [1.82, 2.24) is 4.90 Å². The van der Waals surface area contributed by atoms with Crippen LogP contribution in [0.2, 0.25) is 0 Å². The molecule has 2 rings (SSSR count). The Labute approximate surface area is 110 Å². The van der Waals surface area contributed by atoms with Crippen LogP contribution in [0.1, 0.15) is 29.7 Å². The van der Waals surface area contributed by atoms with E-state index in [1.165, 1.54) is 0 Å². The third-order valence-corrected chi connectivity index (χ3v) is 3.39. The van der Waals surface area contributed by atoms with Crippen molar-refractivity contribution >= 4 is 6.09 Å². The van der Waals surface area contributed by atoms with E-state index in [-0.39, 0.29) is 25.7 Å². The van der Waals surface area contributed by atoms with Gasteiger partial charge in [-0.15, -0.1) is 0 Å². The lowest BCUT2D eigenvalue weighted by Crippen LogP contribution is -2.58. The van der Waals surface area contributed by atoms with Crippen molar-refractivity contribution in [3.63, 3.8) is 0 Å². The Kier molecular flexibility index (Phi) is 3.47. The Morgan fingerprint density at radius 2 is 2.16 bits per heavy atom. The second kappa shape index (κ2) is 4.79. The second-order valence-electron chi connectivity index (χ2n) is 5.01. The molecule has 1 atom stereocenters. The monoisotopic (exact) mass is 268 g/mol. The quantitative estimate of drug-likeness (QED) is 0.772. The third-order valence-electron chi connectivity index (χ3n) is 3.39. The minimum atomic E-state index is -1.69. The van der Waals surface area contributed by atoms with Crippen molar-refractivity contribution in [3.8, 4) is 0 Å². The second-order valence-corrected chi connectivity index (χ2v) is 5.01. The van der Waals surface area contributed by atoms with E-state index >= 15 is 0 Å².